The fourth-order valence-electron chi connectivity index (χ4n) is 1.71. The van der Waals surface area contributed by atoms with E-state index in [1.807, 2.05) is 24.5 Å². The molecule has 0 aromatic carbocycles. The summed E-state index contributed by atoms with van der Waals surface area (Å²) >= 11 is 0. The minimum absolute atomic E-state index is 0.0986. The lowest BCUT2D eigenvalue weighted by molar-refractivity contribution is 0.247. The lowest BCUT2D eigenvalue weighted by Gasteiger charge is -2.38. The first-order valence-electron chi connectivity index (χ1n) is 4.46. The molecule has 2 heteroatoms. The fourth-order valence-corrected chi connectivity index (χ4v) is 1.71. The zero-order valence-corrected chi connectivity index (χ0v) is 7.16. The maximum absolute atomic E-state index is 6.11. The molecular formula is C10H14N2. The molecule has 0 saturated heterocycles. The van der Waals surface area contributed by atoms with Crippen molar-refractivity contribution >= 4 is 0 Å². The zero-order chi connectivity index (χ0) is 8.44. The number of aromatic nitrogens is 1. The lowest BCUT2D eigenvalue weighted by atomic mass is 9.74. The second kappa shape index (κ2) is 2.87. The average Bonchev–Trinajstić information content (AvgIpc) is 2.04. The van der Waals surface area contributed by atoms with E-state index in [2.05, 4.69) is 4.98 Å². The molecule has 0 spiro atoms. The van der Waals surface area contributed by atoms with E-state index in [0.717, 1.165) is 6.42 Å². The maximum atomic E-state index is 6.11. The first kappa shape index (κ1) is 7.74. The van der Waals surface area contributed by atoms with Crippen LogP contribution in [0.5, 0.6) is 0 Å². The fraction of sp³-hybridized carbons (Fsp3) is 0.500. The average molecular weight is 162 g/mol. The predicted molar refractivity (Wildman–Crippen MR) is 48.7 cm³/mol. The molecule has 0 amide bonds. The van der Waals surface area contributed by atoms with Gasteiger partial charge in [-0.15, -0.1) is 0 Å². The normalized spacial score (nSPS) is 20.1. The van der Waals surface area contributed by atoms with Crippen molar-refractivity contribution in [2.75, 3.05) is 0 Å². The molecular weight excluding hydrogens is 148 g/mol. The van der Waals surface area contributed by atoms with Gasteiger partial charge in [0.05, 0.1) is 0 Å². The summed E-state index contributed by atoms with van der Waals surface area (Å²) in [6.45, 7) is 0. The largest absolute Gasteiger partial charge is 0.325 e. The summed E-state index contributed by atoms with van der Waals surface area (Å²) in [6.07, 6.45) is 8.32. The van der Waals surface area contributed by atoms with Gasteiger partial charge in [0.2, 0.25) is 0 Å². The Hall–Kier alpha value is -0.890. The standard InChI is InChI=1S/C10H14N2/c11-10(4-1-5-10)8-9-2-6-12-7-3-9/h2-3,6-7H,1,4-5,8,11H2. The molecule has 1 aromatic rings. The summed E-state index contributed by atoms with van der Waals surface area (Å²) in [7, 11) is 0. The topological polar surface area (TPSA) is 38.9 Å². The number of nitrogens with zero attached hydrogens (tertiary/aromatic N) is 1. The van der Waals surface area contributed by atoms with Crippen LogP contribution in [0, 0.1) is 0 Å². The van der Waals surface area contributed by atoms with E-state index in [0.29, 0.717) is 0 Å². The minimum Gasteiger partial charge on any atom is -0.325 e. The number of hydrogen-bond acceptors (Lipinski definition) is 2. The third-order valence-electron chi connectivity index (χ3n) is 2.65. The van der Waals surface area contributed by atoms with Crippen LogP contribution in [0.3, 0.4) is 0 Å². The Morgan fingerprint density at radius 2 is 2.00 bits per heavy atom. The van der Waals surface area contributed by atoms with Crippen LogP contribution in [0.4, 0.5) is 0 Å². The highest BCUT2D eigenvalue weighted by atomic mass is 14.8. The van der Waals surface area contributed by atoms with Gasteiger partial charge in [-0.3, -0.25) is 4.98 Å². The molecule has 2 rings (SSSR count). The molecule has 1 heterocycles. The summed E-state index contributed by atoms with van der Waals surface area (Å²) in [4.78, 5) is 3.98. The van der Waals surface area contributed by atoms with Crippen LogP contribution in [-0.4, -0.2) is 10.5 Å². The Morgan fingerprint density at radius 1 is 1.33 bits per heavy atom. The maximum Gasteiger partial charge on any atom is 0.0270 e. The van der Waals surface area contributed by atoms with E-state index in [1.54, 1.807) is 0 Å². The molecule has 0 radical (unpaired) electrons. The van der Waals surface area contributed by atoms with Gasteiger partial charge < -0.3 is 5.73 Å². The second-order valence-corrected chi connectivity index (χ2v) is 3.75. The molecule has 2 N–H and O–H groups in total. The number of rotatable bonds is 2. The molecule has 1 aliphatic rings. The van der Waals surface area contributed by atoms with Crippen LogP contribution in [0.2, 0.25) is 0 Å². The highest BCUT2D eigenvalue weighted by Crippen LogP contribution is 2.31. The van der Waals surface area contributed by atoms with Crippen molar-refractivity contribution in [2.45, 2.75) is 31.2 Å². The van der Waals surface area contributed by atoms with Gasteiger partial charge in [-0.05, 0) is 43.4 Å². The van der Waals surface area contributed by atoms with Gasteiger partial charge in [-0.2, -0.15) is 0 Å². The minimum atomic E-state index is 0.0986. The number of hydrogen-bond donors (Lipinski definition) is 1. The van der Waals surface area contributed by atoms with Crippen molar-refractivity contribution in [3.05, 3.63) is 30.1 Å². The third kappa shape index (κ3) is 1.48. The van der Waals surface area contributed by atoms with Crippen LogP contribution < -0.4 is 5.73 Å². The monoisotopic (exact) mass is 162 g/mol. The Labute approximate surface area is 72.8 Å². The van der Waals surface area contributed by atoms with Crippen LogP contribution in [0.25, 0.3) is 0 Å². The highest BCUT2D eigenvalue weighted by Gasteiger charge is 2.32. The predicted octanol–water partition coefficient (Wildman–Crippen LogP) is 1.51. The quantitative estimate of drug-likeness (QED) is 0.715. The molecule has 1 aliphatic carbocycles. The molecule has 1 fully saturated rings. The van der Waals surface area contributed by atoms with Crippen LogP contribution in [0.1, 0.15) is 24.8 Å². The summed E-state index contributed by atoms with van der Waals surface area (Å²) < 4.78 is 0. The molecule has 2 nitrogen and oxygen atoms in total. The zero-order valence-electron chi connectivity index (χ0n) is 7.16. The van der Waals surface area contributed by atoms with Crippen molar-refractivity contribution in [3.63, 3.8) is 0 Å². The van der Waals surface area contributed by atoms with Crippen LogP contribution in [0.15, 0.2) is 24.5 Å². The van der Waals surface area contributed by atoms with Crippen LogP contribution in [-0.2, 0) is 6.42 Å². The Kier molecular flexibility index (Phi) is 1.85. The Bertz CT molecular complexity index is 252. The highest BCUT2D eigenvalue weighted by molar-refractivity contribution is 5.15. The summed E-state index contributed by atoms with van der Waals surface area (Å²) in [5.74, 6) is 0. The molecule has 1 saturated carbocycles. The molecule has 64 valence electrons. The van der Waals surface area contributed by atoms with E-state index in [9.17, 15) is 0 Å². The molecule has 1 aromatic heterocycles. The van der Waals surface area contributed by atoms with Gasteiger partial charge in [0, 0.05) is 17.9 Å². The van der Waals surface area contributed by atoms with Gasteiger partial charge in [0.25, 0.3) is 0 Å². The van der Waals surface area contributed by atoms with Crippen molar-refractivity contribution in [1.29, 1.82) is 0 Å². The second-order valence-electron chi connectivity index (χ2n) is 3.75. The lowest BCUT2D eigenvalue weighted by Crippen LogP contribution is -2.48. The Morgan fingerprint density at radius 3 is 2.50 bits per heavy atom. The van der Waals surface area contributed by atoms with Gasteiger partial charge in [0.1, 0.15) is 0 Å². The van der Waals surface area contributed by atoms with E-state index in [-0.39, 0.29) is 5.54 Å². The van der Waals surface area contributed by atoms with Crippen molar-refractivity contribution in [1.82, 2.24) is 4.98 Å². The van der Waals surface area contributed by atoms with Gasteiger partial charge in [0.15, 0.2) is 0 Å². The first-order valence-corrected chi connectivity index (χ1v) is 4.46. The number of pyridine rings is 1. The van der Waals surface area contributed by atoms with Gasteiger partial charge in [-0.1, -0.05) is 0 Å². The van der Waals surface area contributed by atoms with Crippen molar-refractivity contribution in [2.24, 2.45) is 5.73 Å². The summed E-state index contributed by atoms with van der Waals surface area (Å²) in [5, 5.41) is 0. The summed E-state index contributed by atoms with van der Waals surface area (Å²) in [5.41, 5.74) is 7.53. The first-order chi connectivity index (χ1) is 5.79. The molecule has 0 unspecified atom stereocenters. The van der Waals surface area contributed by atoms with Crippen molar-refractivity contribution in [3.8, 4) is 0 Å². The smallest absolute Gasteiger partial charge is 0.0270 e. The van der Waals surface area contributed by atoms with E-state index in [1.165, 1.54) is 24.8 Å². The van der Waals surface area contributed by atoms with Crippen molar-refractivity contribution < 1.29 is 0 Å². The molecule has 0 aliphatic heterocycles. The Balaban J connectivity index is 2.04. The van der Waals surface area contributed by atoms with E-state index in [4.69, 9.17) is 5.73 Å². The third-order valence-corrected chi connectivity index (χ3v) is 2.65. The SMILES string of the molecule is NC1(Cc2ccncc2)CCC1. The number of nitrogens with two attached hydrogens (primary N) is 1. The summed E-state index contributed by atoms with van der Waals surface area (Å²) in [6, 6.07) is 4.10. The van der Waals surface area contributed by atoms with E-state index >= 15 is 0 Å². The van der Waals surface area contributed by atoms with Gasteiger partial charge >= 0.3 is 0 Å². The van der Waals surface area contributed by atoms with Gasteiger partial charge in [-0.25, -0.2) is 0 Å². The molecule has 0 bridgehead atoms. The van der Waals surface area contributed by atoms with E-state index < -0.39 is 0 Å². The molecule has 12 heavy (non-hydrogen) atoms. The molecule has 0 atom stereocenters. The van der Waals surface area contributed by atoms with Crippen LogP contribution >= 0.6 is 0 Å².